The molecule has 0 spiro atoms. The highest BCUT2D eigenvalue weighted by Crippen LogP contribution is 2.31. The highest BCUT2D eigenvalue weighted by molar-refractivity contribution is 6.07. The molecule has 6 heteroatoms. The van der Waals surface area contributed by atoms with Crippen LogP contribution in [0.25, 0.3) is 0 Å². The molecule has 1 N–H and O–H groups in total. The van der Waals surface area contributed by atoms with Gasteiger partial charge in [-0.3, -0.25) is 14.5 Å². The lowest BCUT2D eigenvalue weighted by Gasteiger charge is -2.26. The minimum atomic E-state index is -0.813. The number of nitrogens with one attached hydrogen (secondary N) is 1. The highest BCUT2D eigenvalue weighted by Gasteiger charge is 2.49. The molecule has 1 saturated heterocycles. The topological polar surface area (TPSA) is 75.7 Å². The third kappa shape index (κ3) is 3.67. The fourth-order valence-corrected chi connectivity index (χ4v) is 3.43. The molecule has 136 valence electrons. The summed E-state index contributed by atoms with van der Waals surface area (Å²) in [4.78, 5) is 38.3. The van der Waals surface area contributed by atoms with E-state index >= 15 is 0 Å². The maximum absolute atomic E-state index is 13.0. The highest BCUT2D eigenvalue weighted by atomic mass is 16.5. The van der Waals surface area contributed by atoms with E-state index in [1.807, 2.05) is 13.8 Å². The van der Waals surface area contributed by atoms with E-state index in [-0.39, 0.29) is 24.3 Å². The zero-order valence-corrected chi connectivity index (χ0v) is 15.3. The van der Waals surface area contributed by atoms with Crippen molar-refractivity contribution in [2.75, 3.05) is 7.11 Å². The van der Waals surface area contributed by atoms with Gasteiger partial charge in [0.1, 0.15) is 11.3 Å². The largest absolute Gasteiger partial charge is 0.496 e. The van der Waals surface area contributed by atoms with Gasteiger partial charge in [-0.15, -0.1) is 0 Å². The van der Waals surface area contributed by atoms with E-state index in [1.165, 1.54) is 18.9 Å². The Bertz CT molecular complexity index is 678. The number of hydrogen-bond acceptors (Lipinski definition) is 4. The van der Waals surface area contributed by atoms with Gasteiger partial charge in [-0.25, -0.2) is 4.79 Å². The molecular formula is C19H26N2O4. The first kappa shape index (κ1) is 19.0. The van der Waals surface area contributed by atoms with Crippen molar-refractivity contribution in [2.45, 2.75) is 58.5 Å². The molecule has 6 nitrogen and oxygen atoms in total. The fourth-order valence-electron chi connectivity index (χ4n) is 3.43. The van der Waals surface area contributed by atoms with Crippen LogP contribution in [-0.4, -0.2) is 35.3 Å². The number of ketones is 1. The Hall–Kier alpha value is -2.37. The molecule has 3 amide bonds. The molecule has 0 aliphatic carbocycles. The first-order valence-corrected chi connectivity index (χ1v) is 8.70. The summed E-state index contributed by atoms with van der Waals surface area (Å²) in [7, 11) is 1.52. The van der Waals surface area contributed by atoms with Crippen LogP contribution in [0.5, 0.6) is 5.75 Å². The quantitative estimate of drug-likeness (QED) is 0.579. The number of methoxy groups -OCH3 is 1. The number of hydrogen-bond donors (Lipinski definition) is 1. The number of rotatable bonds is 8. The van der Waals surface area contributed by atoms with Gasteiger partial charge in [0.25, 0.3) is 5.91 Å². The van der Waals surface area contributed by atoms with Crippen molar-refractivity contribution in [3.63, 3.8) is 0 Å². The third-order valence-corrected chi connectivity index (χ3v) is 4.61. The average Bonchev–Trinajstić information content (AvgIpc) is 2.80. The maximum atomic E-state index is 13.0. The summed E-state index contributed by atoms with van der Waals surface area (Å²) in [5.74, 6) is 0.276. The number of urea groups is 1. The maximum Gasteiger partial charge on any atom is 0.325 e. The van der Waals surface area contributed by atoms with Gasteiger partial charge in [0.05, 0.1) is 13.7 Å². The molecule has 0 saturated carbocycles. The zero-order valence-electron chi connectivity index (χ0n) is 15.3. The molecule has 0 bridgehead atoms. The van der Waals surface area contributed by atoms with Crippen molar-refractivity contribution in [1.29, 1.82) is 0 Å². The molecule has 0 aromatic heterocycles. The molecular weight excluding hydrogens is 320 g/mol. The van der Waals surface area contributed by atoms with Crippen LogP contribution in [0.2, 0.25) is 0 Å². The molecule has 2 rings (SSSR count). The van der Waals surface area contributed by atoms with E-state index < -0.39 is 5.54 Å². The van der Waals surface area contributed by atoms with Crippen LogP contribution in [0.15, 0.2) is 18.2 Å². The monoisotopic (exact) mass is 346 g/mol. The Morgan fingerprint density at radius 3 is 2.36 bits per heavy atom. The predicted octanol–water partition coefficient (Wildman–Crippen LogP) is 3.29. The molecule has 1 aliphatic rings. The Kier molecular flexibility index (Phi) is 5.82. The normalized spacial score (nSPS) is 16.1. The number of amides is 3. The molecule has 1 aliphatic heterocycles. The fraction of sp³-hybridized carbons (Fsp3) is 0.526. The molecule has 0 unspecified atom stereocenters. The van der Waals surface area contributed by atoms with Crippen LogP contribution < -0.4 is 10.1 Å². The number of benzene rings is 1. The minimum Gasteiger partial charge on any atom is -0.496 e. The van der Waals surface area contributed by atoms with Gasteiger partial charge < -0.3 is 10.1 Å². The van der Waals surface area contributed by atoms with E-state index in [4.69, 9.17) is 4.74 Å². The van der Waals surface area contributed by atoms with Crippen LogP contribution in [-0.2, 0) is 11.3 Å². The molecule has 25 heavy (non-hydrogen) atoms. The van der Waals surface area contributed by atoms with Crippen molar-refractivity contribution in [3.05, 3.63) is 29.3 Å². The van der Waals surface area contributed by atoms with E-state index in [9.17, 15) is 14.4 Å². The molecule has 1 aromatic rings. The lowest BCUT2D eigenvalue weighted by molar-refractivity contribution is -0.132. The van der Waals surface area contributed by atoms with Crippen molar-refractivity contribution in [2.24, 2.45) is 0 Å². The predicted molar refractivity (Wildman–Crippen MR) is 94.6 cm³/mol. The lowest BCUT2D eigenvalue weighted by atomic mass is 9.88. The van der Waals surface area contributed by atoms with Gasteiger partial charge in [0.15, 0.2) is 5.78 Å². The smallest absolute Gasteiger partial charge is 0.325 e. The molecule has 1 heterocycles. The van der Waals surface area contributed by atoms with Crippen molar-refractivity contribution >= 4 is 17.7 Å². The molecule has 1 fully saturated rings. The summed E-state index contributed by atoms with van der Waals surface area (Å²) < 4.78 is 5.33. The molecule has 0 atom stereocenters. The summed E-state index contributed by atoms with van der Waals surface area (Å²) >= 11 is 0. The van der Waals surface area contributed by atoms with Gasteiger partial charge in [0.2, 0.25) is 0 Å². The van der Waals surface area contributed by atoms with Gasteiger partial charge in [-0.05, 0) is 38.0 Å². The van der Waals surface area contributed by atoms with Crippen LogP contribution in [0.1, 0.15) is 62.4 Å². The van der Waals surface area contributed by atoms with Gasteiger partial charge in [-0.1, -0.05) is 26.7 Å². The standard InChI is InChI=1S/C19H26N2O4/c1-5-9-19(10-6-2)17(23)21(18(24)20-19)12-15-11-14(13(3)22)7-8-16(15)25-4/h7-8,11H,5-6,9-10,12H2,1-4H3,(H,20,24). The number of carbonyl (C=O) groups is 3. The minimum absolute atomic E-state index is 0.0765. The van der Waals surface area contributed by atoms with E-state index in [2.05, 4.69) is 5.32 Å². The first-order chi connectivity index (χ1) is 11.9. The molecule has 0 radical (unpaired) electrons. The van der Waals surface area contributed by atoms with Crippen molar-refractivity contribution < 1.29 is 19.1 Å². The SMILES string of the molecule is CCCC1(CCC)NC(=O)N(Cc2cc(C(C)=O)ccc2OC)C1=O. The Morgan fingerprint density at radius 2 is 1.84 bits per heavy atom. The van der Waals surface area contributed by atoms with Crippen LogP contribution in [0, 0.1) is 0 Å². The Balaban J connectivity index is 2.34. The summed E-state index contributed by atoms with van der Waals surface area (Å²) in [6.45, 7) is 5.56. The summed E-state index contributed by atoms with van der Waals surface area (Å²) in [5.41, 5.74) is 0.352. The second-order valence-corrected chi connectivity index (χ2v) is 6.49. The average molecular weight is 346 g/mol. The van der Waals surface area contributed by atoms with Crippen LogP contribution >= 0.6 is 0 Å². The number of carbonyl (C=O) groups excluding carboxylic acids is 3. The van der Waals surface area contributed by atoms with Crippen molar-refractivity contribution in [1.82, 2.24) is 10.2 Å². The van der Waals surface area contributed by atoms with E-state index in [1.54, 1.807) is 18.2 Å². The van der Waals surface area contributed by atoms with Crippen molar-refractivity contribution in [3.8, 4) is 5.75 Å². The van der Waals surface area contributed by atoms with E-state index in [0.717, 1.165) is 12.8 Å². The second kappa shape index (κ2) is 7.68. The lowest BCUT2D eigenvalue weighted by Crippen LogP contribution is -2.46. The summed E-state index contributed by atoms with van der Waals surface area (Å²) in [5, 5.41) is 2.89. The number of nitrogens with zero attached hydrogens (tertiary/aromatic N) is 1. The third-order valence-electron chi connectivity index (χ3n) is 4.61. The van der Waals surface area contributed by atoms with Gasteiger partial charge in [0, 0.05) is 11.1 Å². The Labute approximate surface area is 148 Å². The van der Waals surface area contributed by atoms with E-state index in [0.29, 0.717) is 29.7 Å². The number of Topliss-reactive ketones (excluding diaryl/α,β-unsaturated/α-hetero) is 1. The number of imide groups is 1. The Morgan fingerprint density at radius 1 is 1.20 bits per heavy atom. The molecule has 1 aromatic carbocycles. The number of ether oxygens (including phenoxy) is 1. The second-order valence-electron chi connectivity index (χ2n) is 6.49. The summed E-state index contributed by atoms with van der Waals surface area (Å²) in [6, 6.07) is 4.66. The summed E-state index contributed by atoms with van der Waals surface area (Å²) in [6.07, 6.45) is 2.85. The van der Waals surface area contributed by atoms with Gasteiger partial charge in [-0.2, -0.15) is 0 Å². The van der Waals surface area contributed by atoms with Crippen LogP contribution in [0.4, 0.5) is 4.79 Å². The van der Waals surface area contributed by atoms with Gasteiger partial charge >= 0.3 is 6.03 Å². The van der Waals surface area contributed by atoms with Crippen LogP contribution in [0.3, 0.4) is 0 Å². The first-order valence-electron chi connectivity index (χ1n) is 8.70. The zero-order chi connectivity index (χ0) is 18.6.